The molecule has 0 saturated carbocycles. The first-order valence-corrected chi connectivity index (χ1v) is 9.75. The molecule has 4 nitrogen and oxygen atoms in total. The number of nitrogen functional groups attached to an aromatic ring is 1. The van der Waals surface area contributed by atoms with Crippen LogP contribution >= 0.6 is 0 Å². The lowest BCUT2D eigenvalue weighted by Gasteiger charge is -2.20. The number of hydrogen-bond acceptors (Lipinski definition) is 3. The monoisotopic (exact) mass is 348 g/mol. The first-order valence-electron chi connectivity index (χ1n) is 9.75. The number of nitrogens with one attached hydrogen (secondary N) is 2. The number of aryl methyl sites for hydroxylation is 1. The molecule has 0 aliphatic carbocycles. The molecule has 0 aliphatic heterocycles. The molecule has 1 heterocycles. The first-order chi connectivity index (χ1) is 12.0. The normalized spacial score (nSPS) is 13.3. The second-order valence-corrected chi connectivity index (χ2v) is 6.64. The highest BCUT2D eigenvalue weighted by Crippen LogP contribution is 2.20. The van der Waals surface area contributed by atoms with Crippen LogP contribution in [-0.2, 0) is 6.54 Å². The number of H-pyrrole nitrogens is 1. The summed E-state index contributed by atoms with van der Waals surface area (Å²) in [7, 11) is 0. The van der Waals surface area contributed by atoms with Gasteiger partial charge in [0.15, 0.2) is 0 Å². The smallest absolute Gasteiger partial charge is 0.146 e. The van der Waals surface area contributed by atoms with Crippen molar-refractivity contribution < 1.29 is 0 Å². The van der Waals surface area contributed by atoms with Crippen molar-refractivity contribution in [1.82, 2.24) is 15.3 Å². The predicted octanol–water partition coefficient (Wildman–Crippen LogP) is 5.38. The van der Waals surface area contributed by atoms with E-state index in [1.165, 1.54) is 32.1 Å². The lowest BCUT2D eigenvalue weighted by molar-refractivity contribution is 0.370. The van der Waals surface area contributed by atoms with E-state index in [9.17, 15) is 0 Å². The number of aromatic amines is 1. The molecule has 1 rings (SSSR count). The van der Waals surface area contributed by atoms with Gasteiger partial charge in [-0.1, -0.05) is 58.3 Å². The van der Waals surface area contributed by atoms with Gasteiger partial charge in [-0.05, 0) is 45.1 Å². The van der Waals surface area contributed by atoms with Crippen LogP contribution in [0.15, 0.2) is 24.8 Å². The molecule has 1 aromatic rings. The minimum Gasteiger partial charge on any atom is -0.382 e. The third-order valence-electron chi connectivity index (χ3n) is 4.45. The Labute approximate surface area is 155 Å². The fraction of sp³-hybridized carbons (Fsp3) is 0.667. The van der Waals surface area contributed by atoms with Gasteiger partial charge in [0, 0.05) is 6.54 Å². The maximum atomic E-state index is 5.81. The topological polar surface area (TPSA) is 66.7 Å². The molecule has 0 amide bonds. The lowest BCUT2D eigenvalue weighted by Crippen LogP contribution is -2.20. The van der Waals surface area contributed by atoms with Gasteiger partial charge in [-0.2, -0.15) is 0 Å². The number of aromatic nitrogens is 2. The van der Waals surface area contributed by atoms with E-state index in [1.54, 1.807) is 0 Å². The Hall–Kier alpha value is -1.55. The first kappa shape index (κ1) is 23.4. The molecule has 0 bridgehead atoms. The van der Waals surface area contributed by atoms with E-state index in [4.69, 9.17) is 5.73 Å². The highest BCUT2D eigenvalue weighted by atomic mass is 15.0. The number of allylic oxidation sites excluding steroid dienone is 3. The number of nitrogens with zero attached hydrogens (tertiary/aromatic N) is 1. The molecular formula is C21H40N4. The Balaban J connectivity index is 0.000000823. The molecular weight excluding hydrogens is 308 g/mol. The zero-order valence-electron chi connectivity index (χ0n) is 17.1. The largest absolute Gasteiger partial charge is 0.382 e. The zero-order valence-corrected chi connectivity index (χ0v) is 17.1. The maximum absolute atomic E-state index is 5.81. The Bertz CT molecular complexity index is 476. The summed E-state index contributed by atoms with van der Waals surface area (Å²) in [6, 6.07) is 0. The Morgan fingerprint density at radius 1 is 1.36 bits per heavy atom. The van der Waals surface area contributed by atoms with Crippen LogP contribution in [0.25, 0.3) is 0 Å². The van der Waals surface area contributed by atoms with Crippen molar-refractivity contribution in [3.05, 3.63) is 36.3 Å². The Kier molecular flexibility index (Phi) is 13.8. The third-order valence-corrected chi connectivity index (χ3v) is 4.45. The van der Waals surface area contributed by atoms with Crippen LogP contribution in [0.4, 0.5) is 5.82 Å². The van der Waals surface area contributed by atoms with E-state index in [-0.39, 0.29) is 0 Å². The molecule has 0 saturated heterocycles. The number of imidazole rings is 1. The molecule has 4 heteroatoms. The summed E-state index contributed by atoms with van der Waals surface area (Å²) < 4.78 is 0. The van der Waals surface area contributed by atoms with Crippen molar-refractivity contribution in [2.75, 3.05) is 12.3 Å². The van der Waals surface area contributed by atoms with E-state index in [1.807, 2.05) is 13.0 Å². The van der Waals surface area contributed by atoms with Gasteiger partial charge in [-0.15, -0.1) is 6.58 Å². The van der Waals surface area contributed by atoms with Crippen molar-refractivity contribution in [2.24, 2.45) is 11.8 Å². The minimum atomic E-state index is 0.610. The predicted molar refractivity (Wildman–Crippen MR) is 112 cm³/mol. The minimum absolute atomic E-state index is 0.610. The van der Waals surface area contributed by atoms with E-state index in [0.717, 1.165) is 30.5 Å². The van der Waals surface area contributed by atoms with Gasteiger partial charge in [0.1, 0.15) is 11.6 Å². The van der Waals surface area contributed by atoms with E-state index >= 15 is 0 Å². The summed E-state index contributed by atoms with van der Waals surface area (Å²) in [5, 5.41) is 3.44. The van der Waals surface area contributed by atoms with Gasteiger partial charge in [0.05, 0.1) is 5.69 Å². The van der Waals surface area contributed by atoms with E-state index < -0.39 is 0 Å². The zero-order chi connectivity index (χ0) is 19.1. The number of hydrogen-bond donors (Lipinski definition) is 3. The van der Waals surface area contributed by atoms with Gasteiger partial charge in [0.25, 0.3) is 0 Å². The fourth-order valence-corrected chi connectivity index (χ4v) is 2.84. The molecule has 25 heavy (non-hydrogen) atoms. The molecule has 0 radical (unpaired) electrons. The summed E-state index contributed by atoms with van der Waals surface area (Å²) in [6.45, 7) is 16.1. The van der Waals surface area contributed by atoms with E-state index in [0.29, 0.717) is 11.7 Å². The second kappa shape index (κ2) is 14.8. The average molecular weight is 349 g/mol. The molecule has 0 fully saturated rings. The summed E-state index contributed by atoms with van der Waals surface area (Å²) in [4.78, 5) is 7.35. The number of unbranched alkanes of at least 4 members (excludes halogenated alkanes) is 2. The highest BCUT2D eigenvalue weighted by Gasteiger charge is 2.12. The van der Waals surface area contributed by atoms with Gasteiger partial charge in [0.2, 0.25) is 0 Å². The molecule has 1 aromatic heterocycles. The van der Waals surface area contributed by atoms with Crippen LogP contribution in [-0.4, -0.2) is 16.5 Å². The Morgan fingerprint density at radius 2 is 2.08 bits per heavy atom. The molecule has 144 valence electrons. The highest BCUT2D eigenvalue weighted by molar-refractivity contribution is 5.35. The van der Waals surface area contributed by atoms with Crippen LogP contribution in [0.5, 0.6) is 0 Å². The van der Waals surface area contributed by atoms with Gasteiger partial charge < -0.3 is 16.0 Å². The molecule has 2 unspecified atom stereocenters. The molecule has 2 atom stereocenters. The number of rotatable bonds is 11. The van der Waals surface area contributed by atoms with Crippen molar-refractivity contribution >= 4 is 5.82 Å². The molecule has 0 aliphatic rings. The van der Waals surface area contributed by atoms with Crippen LogP contribution in [0.1, 0.15) is 71.3 Å². The SMILES string of the molecule is C/C=C\C(C)C(CC)CCNCc1[nH]c(C)nc1N.C=CCCCC. The summed E-state index contributed by atoms with van der Waals surface area (Å²) in [6.07, 6.45) is 12.6. The standard InChI is InChI=1S/C15H28N4.C6H12/c1-5-7-11(3)13(6-2)8-9-17-10-14-15(16)19-12(4)18-14;1-3-5-6-4-2/h5,7,11,13,17H,6,8-10,16H2,1-4H3,(H,18,19);3H,1,4-6H2,2H3/b7-5-;. The van der Waals surface area contributed by atoms with Gasteiger partial charge >= 0.3 is 0 Å². The maximum Gasteiger partial charge on any atom is 0.146 e. The number of anilines is 1. The second-order valence-electron chi connectivity index (χ2n) is 6.64. The molecule has 0 spiro atoms. The van der Waals surface area contributed by atoms with Crippen molar-refractivity contribution in [3.8, 4) is 0 Å². The number of nitrogens with two attached hydrogens (primary N) is 1. The molecule has 0 aromatic carbocycles. The quantitative estimate of drug-likeness (QED) is 0.371. The summed E-state index contributed by atoms with van der Waals surface area (Å²) >= 11 is 0. The fourth-order valence-electron chi connectivity index (χ4n) is 2.84. The van der Waals surface area contributed by atoms with Crippen molar-refractivity contribution in [2.45, 2.75) is 73.3 Å². The van der Waals surface area contributed by atoms with Gasteiger partial charge in [-0.25, -0.2) is 4.98 Å². The van der Waals surface area contributed by atoms with E-state index in [2.05, 4.69) is 61.7 Å². The van der Waals surface area contributed by atoms with Crippen molar-refractivity contribution in [1.29, 1.82) is 0 Å². The third kappa shape index (κ3) is 10.8. The van der Waals surface area contributed by atoms with Crippen molar-refractivity contribution in [3.63, 3.8) is 0 Å². The van der Waals surface area contributed by atoms with Crippen LogP contribution in [0, 0.1) is 18.8 Å². The summed E-state index contributed by atoms with van der Waals surface area (Å²) in [5.74, 6) is 2.88. The Morgan fingerprint density at radius 3 is 2.52 bits per heavy atom. The van der Waals surface area contributed by atoms with Crippen LogP contribution in [0.3, 0.4) is 0 Å². The lowest BCUT2D eigenvalue weighted by atomic mass is 9.88. The van der Waals surface area contributed by atoms with Crippen LogP contribution < -0.4 is 11.1 Å². The summed E-state index contributed by atoms with van der Waals surface area (Å²) in [5.41, 5.74) is 6.80. The average Bonchev–Trinajstić information content (AvgIpc) is 2.91. The molecule has 4 N–H and O–H groups in total. The van der Waals surface area contributed by atoms with Gasteiger partial charge in [-0.3, -0.25) is 0 Å². The van der Waals surface area contributed by atoms with Crippen LogP contribution in [0.2, 0.25) is 0 Å².